The number of benzene rings is 2. The number of Topliss-reactive ketones (excluding diaryl/α,β-unsaturated/α-hetero) is 1. The van der Waals surface area contributed by atoms with Gasteiger partial charge in [0.1, 0.15) is 5.82 Å². The van der Waals surface area contributed by atoms with Crippen LogP contribution in [0.15, 0.2) is 40.9 Å². The fraction of sp³-hybridized carbons (Fsp3) is 0.0714. The van der Waals surface area contributed by atoms with Crippen molar-refractivity contribution in [3.05, 3.63) is 67.9 Å². The Labute approximate surface area is 128 Å². The van der Waals surface area contributed by atoms with Crippen LogP contribution in [-0.4, -0.2) is 5.78 Å². The molecule has 0 atom stereocenters. The minimum atomic E-state index is -0.581. The molecule has 5 heteroatoms. The average molecular weight is 362 g/mol. The van der Waals surface area contributed by atoms with Crippen LogP contribution in [0.1, 0.15) is 15.9 Å². The van der Waals surface area contributed by atoms with Gasteiger partial charge in [-0.1, -0.05) is 45.2 Å². The smallest absolute Gasteiger partial charge is 0.170 e. The highest BCUT2D eigenvalue weighted by Gasteiger charge is 2.14. The van der Waals surface area contributed by atoms with Crippen molar-refractivity contribution in [1.82, 2.24) is 0 Å². The van der Waals surface area contributed by atoms with E-state index < -0.39 is 5.82 Å². The second kappa shape index (κ2) is 6.04. The molecule has 0 aromatic heterocycles. The lowest BCUT2D eigenvalue weighted by molar-refractivity contribution is 0.0989. The van der Waals surface area contributed by atoms with E-state index in [1.807, 2.05) is 0 Å². The Balaban J connectivity index is 2.28. The number of ketones is 1. The van der Waals surface area contributed by atoms with Crippen LogP contribution in [0.25, 0.3) is 0 Å². The van der Waals surface area contributed by atoms with Crippen molar-refractivity contribution in [3.63, 3.8) is 0 Å². The van der Waals surface area contributed by atoms with Gasteiger partial charge < -0.3 is 0 Å². The van der Waals surface area contributed by atoms with Gasteiger partial charge in [-0.05, 0) is 35.9 Å². The lowest BCUT2D eigenvalue weighted by Crippen LogP contribution is -2.06. The number of hydrogen-bond donors (Lipinski definition) is 0. The predicted octanol–water partition coefficient (Wildman–Crippen LogP) is 5.32. The predicted molar refractivity (Wildman–Crippen MR) is 78.6 cm³/mol. The molecular weight excluding hydrogens is 354 g/mol. The standard InChI is InChI=1S/C14H8BrCl2FO/c15-9-2-1-8(12(17)6-9)5-14(19)11-7-10(16)3-4-13(11)18/h1-4,6-7H,5H2. The van der Waals surface area contributed by atoms with Gasteiger partial charge in [-0.25, -0.2) is 4.39 Å². The molecule has 0 spiro atoms. The fourth-order valence-electron chi connectivity index (χ4n) is 1.64. The summed E-state index contributed by atoms with van der Waals surface area (Å²) >= 11 is 15.1. The third-order valence-corrected chi connectivity index (χ3v) is 3.68. The number of carbonyl (C=O) groups is 1. The van der Waals surface area contributed by atoms with Crippen LogP contribution in [0.5, 0.6) is 0 Å². The monoisotopic (exact) mass is 360 g/mol. The first-order valence-corrected chi connectivity index (χ1v) is 6.94. The molecule has 19 heavy (non-hydrogen) atoms. The van der Waals surface area contributed by atoms with Crippen LogP contribution in [0.3, 0.4) is 0 Å². The molecule has 98 valence electrons. The Bertz CT molecular complexity index is 643. The Hall–Kier alpha value is -0.900. The Kier molecular flexibility index (Phi) is 4.61. The normalized spacial score (nSPS) is 10.5. The van der Waals surface area contributed by atoms with Crippen LogP contribution in [0.4, 0.5) is 4.39 Å². The van der Waals surface area contributed by atoms with Gasteiger partial charge in [0.2, 0.25) is 0 Å². The second-order valence-electron chi connectivity index (χ2n) is 3.96. The van der Waals surface area contributed by atoms with Crippen LogP contribution in [0, 0.1) is 5.82 Å². The molecule has 0 saturated heterocycles. The topological polar surface area (TPSA) is 17.1 Å². The molecule has 1 nitrogen and oxygen atoms in total. The van der Waals surface area contributed by atoms with Gasteiger partial charge in [0.15, 0.2) is 5.78 Å². The zero-order valence-corrected chi connectivity index (χ0v) is 12.7. The lowest BCUT2D eigenvalue weighted by atomic mass is 10.0. The van der Waals surface area contributed by atoms with E-state index in [0.717, 1.165) is 4.47 Å². The maximum atomic E-state index is 13.6. The zero-order valence-electron chi connectivity index (χ0n) is 9.59. The molecule has 0 aliphatic heterocycles. The SMILES string of the molecule is O=C(Cc1ccc(Br)cc1Cl)c1cc(Cl)ccc1F. The average Bonchev–Trinajstić information content (AvgIpc) is 2.35. The van der Waals surface area contributed by atoms with Crippen LogP contribution in [-0.2, 0) is 6.42 Å². The molecule has 0 N–H and O–H groups in total. The highest BCUT2D eigenvalue weighted by Crippen LogP contribution is 2.24. The number of carbonyl (C=O) groups excluding carboxylic acids is 1. The Morgan fingerprint density at radius 1 is 1.16 bits per heavy atom. The van der Waals surface area contributed by atoms with E-state index in [4.69, 9.17) is 23.2 Å². The fourth-order valence-corrected chi connectivity index (χ4v) is 2.56. The molecule has 2 rings (SSSR count). The molecule has 0 heterocycles. The number of halogens is 4. The summed E-state index contributed by atoms with van der Waals surface area (Å²) in [6.45, 7) is 0. The van der Waals surface area contributed by atoms with Crippen LogP contribution < -0.4 is 0 Å². The summed E-state index contributed by atoms with van der Waals surface area (Å²) in [6.07, 6.45) is 0.0311. The molecule has 0 unspecified atom stereocenters. The molecule has 2 aromatic rings. The van der Waals surface area contributed by atoms with E-state index in [2.05, 4.69) is 15.9 Å². The summed E-state index contributed by atoms with van der Waals surface area (Å²) < 4.78 is 14.4. The molecule has 0 aliphatic rings. The van der Waals surface area contributed by atoms with Crippen molar-refractivity contribution < 1.29 is 9.18 Å². The molecule has 0 saturated carbocycles. The molecule has 2 aromatic carbocycles. The molecule has 0 bridgehead atoms. The Morgan fingerprint density at radius 3 is 2.58 bits per heavy atom. The van der Waals surface area contributed by atoms with Gasteiger partial charge in [-0.3, -0.25) is 4.79 Å². The van der Waals surface area contributed by atoms with E-state index in [0.29, 0.717) is 15.6 Å². The molecule has 0 aliphatic carbocycles. The first kappa shape index (κ1) is 14.5. The minimum absolute atomic E-state index is 0.0218. The maximum absolute atomic E-state index is 13.6. The third-order valence-electron chi connectivity index (χ3n) is 2.59. The third kappa shape index (κ3) is 3.56. The summed E-state index contributed by atoms with van der Waals surface area (Å²) in [5, 5.41) is 0.789. The van der Waals surface area contributed by atoms with Crippen molar-refractivity contribution in [1.29, 1.82) is 0 Å². The molecule has 0 fully saturated rings. The first-order valence-electron chi connectivity index (χ1n) is 5.39. The zero-order chi connectivity index (χ0) is 14.0. The summed E-state index contributed by atoms with van der Waals surface area (Å²) in [5.74, 6) is -0.938. The number of rotatable bonds is 3. The minimum Gasteiger partial charge on any atom is -0.294 e. The van der Waals surface area contributed by atoms with Crippen molar-refractivity contribution in [2.75, 3.05) is 0 Å². The van der Waals surface area contributed by atoms with Crippen molar-refractivity contribution in [2.24, 2.45) is 0 Å². The van der Waals surface area contributed by atoms with Gasteiger partial charge >= 0.3 is 0 Å². The van der Waals surface area contributed by atoms with Gasteiger partial charge in [0, 0.05) is 20.9 Å². The highest BCUT2D eigenvalue weighted by molar-refractivity contribution is 9.10. The Morgan fingerprint density at radius 2 is 1.89 bits per heavy atom. The van der Waals surface area contributed by atoms with Crippen molar-refractivity contribution >= 4 is 44.9 Å². The molecular formula is C14H8BrCl2FO. The maximum Gasteiger partial charge on any atom is 0.170 e. The quantitative estimate of drug-likeness (QED) is 0.676. The second-order valence-corrected chi connectivity index (χ2v) is 5.72. The van der Waals surface area contributed by atoms with Gasteiger partial charge in [0.25, 0.3) is 0 Å². The van der Waals surface area contributed by atoms with Gasteiger partial charge in [-0.15, -0.1) is 0 Å². The van der Waals surface area contributed by atoms with Crippen molar-refractivity contribution in [3.8, 4) is 0 Å². The van der Waals surface area contributed by atoms with Crippen molar-refractivity contribution in [2.45, 2.75) is 6.42 Å². The van der Waals surface area contributed by atoms with E-state index in [1.165, 1.54) is 18.2 Å². The van der Waals surface area contributed by atoms with Crippen LogP contribution in [0.2, 0.25) is 10.0 Å². The van der Waals surface area contributed by atoms with E-state index in [-0.39, 0.29) is 17.8 Å². The molecule has 0 amide bonds. The summed E-state index contributed by atoms with van der Waals surface area (Å²) in [4.78, 5) is 12.1. The summed E-state index contributed by atoms with van der Waals surface area (Å²) in [7, 11) is 0. The lowest BCUT2D eigenvalue weighted by Gasteiger charge is -2.06. The van der Waals surface area contributed by atoms with Gasteiger partial charge in [0.05, 0.1) is 5.56 Å². The van der Waals surface area contributed by atoms with E-state index in [9.17, 15) is 9.18 Å². The van der Waals surface area contributed by atoms with Crippen LogP contribution >= 0.6 is 39.1 Å². The largest absolute Gasteiger partial charge is 0.294 e. The highest BCUT2D eigenvalue weighted by atomic mass is 79.9. The summed E-state index contributed by atoms with van der Waals surface area (Å²) in [6, 6.07) is 9.11. The summed E-state index contributed by atoms with van der Waals surface area (Å²) in [5.41, 5.74) is 0.626. The molecule has 0 radical (unpaired) electrons. The van der Waals surface area contributed by atoms with E-state index >= 15 is 0 Å². The first-order chi connectivity index (χ1) is 8.97. The van der Waals surface area contributed by atoms with E-state index in [1.54, 1.807) is 18.2 Å². The van der Waals surface area contributed by atoms with Gasteiger partial charge in [-0.2, -0.15) is 0 Å². The number of hydrogen-bond acceptors (Lipinski definition) is 1.